The summed E-state index contributed by atoms with van der Waals surface area (Å²) in [5.41, 5.74) is 0.712. The Hall–Kier alpha value is -2.31. The topological polar surface area (TPSA) is 74.6 Å². The summed E-state index contributed by atoms with van der Waals surface area (Å²) in [5.74, 6) is 1.40. The Kier molecular flexibility index (Phi) is 4.97. The van der Waals surface area contributed by atoms with Gasteiger partial charge in [-0.05, 0) is 13.3 Å². The summed E-state index contributed by atoms with van der Waals surface area (Å²) in [6.07, 6.45) is 6.49. The van der Waals surface area contributed by atoms with Crippen molar-refractivity contribution < 1.29 is 4.79 Å². The summed E-state index contributed by atoms with van der Waals surface area (Å²) in [6.45, 7) is 5.78. The average Bonchev–Trinajstić information content (AvgIpc) is 2.97. The van der Waals surface area contributed by atoms with Crippen molar-refractivity contribution in [1.82, 2.24) is 19.3 Å². The van der Waals surface area contributed by atoms with Crippen LogP contribution in [0.4, 0.5) is 11.6 Å². The maximum Gasteiger partial charge on any atom is 0.241 e. The molecule has 2 aromatic rings. The van der Waals surface area contributed by atoms with Crippen LogP contribution in [0.2, 0.25) is 0 Å². The summed E-state index contributed by atoms with van der Waals surface area (Å²) in [4.78, 5) is 22.3. The first-order chi connectivity index (χ1) is 10.2. The highest BCUT2D eigenvalue weighted by molar-refractivity contribution is 5.81. The zero-order chi connectivity index (χ0) is 15.2. The van der Waals surface area contributed by atoms with Gasteiger partial charge >= 0.3 is 0 Å². The minimum Gasteiger partial charge on any atom is -0.369 e. The first kappa shape index (κ1) is 15.1. The predicted octanol–water partition coefficient (Wildman–Crippen LogP) is 1.44. The van der Waals surface area contributed by atoms with E-state index in [0.29, 0.717) is 18.0 Å². The predicted molar refractivity (Wildman–Crippen MR) is 83.6 cm³/mol. The van der Waals surface area contributed by atoms with Crippen LogP contribution in [0.3, 0.4) is 0 Å². The van der Waals surface area contributed by atoms with Crippen molar-refractivity contribution in [2.75, 3.05) is 37.3 Å². The highest BCUT2D eigenvalue weighted by Gasteiger charge is 2.10. The molecule has 0 fully saturated rings. The third kappa shape index (κ3) is 3.62. The molecule has 0 radical (unpaired) electrons. The molecule has 2 N–H and O–H groups in total. The van der Waals surface area contributed by atoms with Gasteiger partial charge in [-0.25, -0.2) is 9.97 Å². The van der Waals surface area contributed by atoms with Gasteiger partial charge in [-0.2, -0.15) is 0 Å². The lowest BCUT2D eigenvalue weighted by Crippen LogP contribution is -2.32. The molecule has 2 aromatic heterocycles. The van der Waals surface area contributed by atoms with Gasteiger partial charge in [0, 0.05) is 32.5 Å². The monoisotopic (exact) mass is 290 g/mol. The number of likely N-dealkylation sites (N-methyl/N-ethyl adjacent to an activating group) is 1. The SMILES string of the molecule is CCCNc1cn2ccnc2c(NCC(=O)N(C)CC)n1. The third-order valence-electron chi connectivity index (χ3n) is 3.24. The van der Waals surface area contributed by atoms with Gasteiger partial charge < -0.3 is 19.9 Å². The first-order valence-corrected chi connectivity index (χ1v) is 7.21. The van der Waals surface area contributed by atoms with Crippen LogP contribution >= 0.6 is 0 Å². The number of nitrogens with zero attached hydrogens (tertiary/aromatic N) is 4. The van der Waals surface area contributed by atoms with Gasteiger partial charge in [0.15, 0.2) is 11.5 Å². The van der Waals surface area contributed by atoms with Gasteiger partial charge in [0.2, 0.25) is 5.91 Å². The van der Waals surface area contributed by atoms with Crippen LogP contribution in [0.25, 0.3) is 5.65 Å². The number of carbonyl (C=O) groups excluding carboxylic acids is 1. The molecular weight excluding hydrogens is 268 g/mol. The highest BCUT2D eigenvalue weighted by atomic mass is 16.2. The third-order valence-corrected chi connectivity index (χ3v) is 3.24. The second-order valence-electron chi connectivity index (χ2n) is 4.82. The van der Waals surface area contributed by atoms with Crippen LogP contribution in [0.1, 0.15) is 20.3 Å². The molecule has 0 saturated carbocycles. The molecule has 1 amide bonds. The highest BCUT2D eigenvalue weighted by Crippen LogP contribution is 2.16. The van der Waals surface area contributed by atoms with Crippen LogP contribution in [0.5, 0.6) is 0 Å². The van der Waals surface area contributed by atoms with E-state index in [1.165, 1.54) is 0 Å². The van der Waals surface area contributed by atoms with Gasteiger partial charge in [-0.15, -0.1) is 0 Å². The van der Waals surface area contributed by atoms with Gasteiger partial charge in [-0.3, -0.25) is 4.79 Å². The van der Waals surface area contributed by atoms with Crippen LogP contribution in [-0.4, -0.2) is 51.9 Å². The fraction of sp³-hybridized carbons (Fsp3) is 0.500. The van der Waals surface area contributed by atoms with E-state index >= 15 is 0 Å². The van der Waals surface area contributed by atoms with Crippen molar-refractivity contribution in [2.24, 2.45) is 0 Å². The van der Waals surface area contributed by atoms with Crippen LogP contribution in [-0.2, 0) is 4.79 Å². The van der Waals surface area contributed by atoms with E-state index in [9.17, 15) is 4.79 Å². The van der Waals surface area contributed by atoms with Crippen molar-refractivity contribution in [3.63, 3.8) is 0 Å². The average molecular weight is 290 g/mol. The number of hydrogen-bond acceptors (Lipinski definition) is 5. The lowest BCUT2D eigenvalue weighted by molar-refractivity contribution is -0.127. The number of carbonyl (C=O) groups is 1. The van der Waals surface area contributed by atoms with Gasteiger partial charge in [-0.1, -0.05) is 6.92 Å². The summed E-state index contributed by atoms with van der Waals surface area (Å²) >= 11 is 0. The minimum atomic E-state index is 0.0240. The number of nitrogens with one attached hydrogen (secondary N) is 2. The molecule has 7 nitrogen and oxygen atoms in total. The Morgan fingerprint density at radius 2 is 2.19 bits per heavy atom. The molecule has 0 spiro atoms. The van der Waals surface area contributed by atoms with Gasteiger partial charge in [0.1, 0.15) is 5.82 Å². The molecule has 0 aliphatic carbocycles. The first-order valence-electron chi connectivity index (χ1n) is 7.21. The number of imidazole rings is 1. The van der Waals surface area contributed by atoms with Crippen LogP contribution < -0.4 is 10.6 Å². The number of amides is 1. The number of anilines is 2. The lowest BCUT2D eigenvalue weighted by atomic mass is 10.4. The Labute approximate surface area is 124 Å². The zero-order valence-corrected chi connectivity index (χ0v) is 12.8. The van der Waals surface area contributed by atoms with E-state index < -0.39 is 0 Å². The zero-order valence-electron chi connectivity index (χ0n) is 12.8. The molecule has 114 valence electrons. The molecule has 2 rings (SSSR count). The van der Waals surface area contributed by atoms with E-state index in [-0.39, 0.29) is 12.5 Å². The second kappa shape index (κ2) is 6.92. The number of fused-ring (bicyclic) bond motifs is 1. The van der Waals surface area contributed by atoms with Crippen LogP contribution in [0.15, 0.2) is 18.6 Å². The van der Waals surface area contributed by atoms with Crippen molar-refractivity contribution >= 4 is 23.2 Å². The van der Waals surface area contributed by atoms with Crippen molar-refractivity contribution in [2.45, 2.75) is 20.3 Å². The molecule has 0 bridgehead atoms. The summed E-state index contributed by atoms with van der Waals surface area (Å²) in [7, 11) is 1.78. The number of rotatable bonds is 7. The maximum absolute atomic E-state index is 11.9. The summed E-state index contributed by atoms with van der Waals surface area (Å²) in [5, 5.41) is 6.32. The Bertz CT molecular complexity index is 609. The molecule has 0 saturated heterocycles. The van der Waals surface area contributed by atoms with Crippen LogP contribution in [0, 0.1) is 0 Å². The number of hydrogen-bond donors (Lipinski definition) is 2. The van der Waals surface area contributed by atoms with E-state index in [1.54, 1.807) is 18.1 Å². The van der Waals surface area contributed by atoms with E-state index in [1.807, 2.05) is 23.7 Å². The molecule has 7 heteroatoms. The molecule has 0 aromatic carbocycles. The molecule has 0 aliphatic rings. The fourth-order valence-electron chi connectivity index (χ4n) is 1.86. The maximum atomic E-state index is 11.9. The lowest BCUT2D eigenvalue weighted by Gasteiger charge is -2.15. The second-order valence-corrected chi connectivity index (χ2v) is 4.82. The van der Waals surface area contributed by atoms with Crippen molar-refractivity contribution in [3.8, 4) is 0 Å². The largest absolute Gasteiger partial charge is 0.369 e. The molecule has 0 atom stereocenters. The Morgan fingerprint density at radius 3 is 2.90 bits per heavy atom. The summed E-state index contributed by atoms with van der Waals surface area (Å²) in [6, 6.07) is 0. The molecular formula is C14H22N6O. The van der Waals surface area contributed by atoms with E-state index in [4.69, 9.17) is 0 Å². The smallest absolute Gasteiger partial charge is 0.241 e. The fourth-order valence-corrected chi connectivity index (χ4v) is 1.86. The number of aromatic nitrogens is 3. The minimum absolute atomic E-state index is 0.0240. The van der Waals surface area contributed by atoms with Gasteiger partial charge in [0.25, 0.3) is 0 Å². The Morgan fingerprint density at radius 1 is 1.38 bits per heavy atom. The molecule has 2 heterocycles. The summed E-state index contributed by atoms with van der Waals surface area (Å²) < 4.78 is 1.89. The quantitative estimate of drug-likeness (QED) is 0.807. The molecule has 0 unspecified atom stereocenters. The standard InChI is InChI=1S/C14H22N6O/c1-4-6-15-11-10-20-8-7-16-14(20)13(18-11)17-9-12(21)19(3)5-2/h7-8,10,15H,4-6,9H2,1-3H3,(H,17,18). The van der Waals surface area contributed by atoms with Crippen molar-refractivity contribution in [1.29, 1.82) is 0 Å². The molecule has 21 heavy (non-hydrogen) atoms. The van der Waals surface area contributed by atoms with E-state index in [0.717, 1.165) is 18.8 Å². The normalized spacial score (nSPS) is 10.6. The van der Waals surface area contributed by atoms with Gasteiger partial charge in [0.05, 0.1) is 12.7 Å². The van der Waals surface area contributed by atoms with E-state index in [2.05, 4.69) is 27.5 Å². The van der Waals surface area contributed by atoms with Crippen molar-refractivity contribution in [3.05, 3.63) is 18.6 Å². The molecule has 0 aliphatic heterocycles. The Balaban J connectivity index is 2.17.